The molecule has 1 atom stereocenters. The van der Waals surface area contributed by atoms with Crippen LogP contribution >= 0.6 is 0 Å². The van der Waals surface area contributed by atoms with Crippen LogP contribution < -0.4 is 5.73 Å². The van der Waals surface area contributed by atoms with E-state index in [4.69, 9.17) is 10.5 Å². The third-order valence-electron chi connectivity index (χ3n) is 3.69. The lowest BCUT2D eigenvalue weighted by atomic mass is 9.74. The van der Waals surface area contributed by atoms with Crippen LogP contribution in [0.15, 0.2) is 18.3 Å². The Labute approximate surface area is 102 Å². The number of nitrogens with zero attached hydrogens (tertiary/aromatic N) is 1. The van der Waals surface area contributed by atoms with Gasteiger partial charge in [0.25, 0.3) is 0 Å². The van der Waals surface area contributed by atoms with Crippen LogP contribution in [0.4, 0.5) is 0 Å². The molecule has 1 aromatic rings. The topological polar surface area (TPSA) is 68.4 Å². The van der Waals surface area contributed by atoms with Crippen molar-refractivity contribution in [3.8, 4) is 0 Å². The second-order valence-corrected chi connectivity index (χ2v) is 4.84. The van der Waals surface area contributed by atoms with Gasteiger partial charge in [-0.3, -0.25) is 4.98 Å². The van der Waals surface area contributed by atoms with E-state index >= 15 is 0 Å². The first kappa shape index (κ1) is 12.5. The van der Waals surface area contributed by atoms with E-state index in [1.165, 1.54) is 0 Å². The van der Waals surface area contributed by atoms with E-state index in [9.17, 15) is 5.11 Å². The average molecular weight is 236 g/mol. The first-order valence-electron chi connectivity index (χ1n) is 6.06. The van der Waals surface area contributed by atoms with Gasteiger partial charge in [-0.1, -0.05) is 6.07 Å². The lowest BCUT2D eigenvalue weighted by molar-refractivity contribution is -0.0597. The van der Waals surface area contributed by atoms with Gasteiger partial charge in [0.15, 0.2) is 0 Å². The molecule has 0 bridgehead atoms. The molecule has 1 fully saturated rings. The Bertz CT molecular complexity index is 358. The molecule has 0 aromatic carbocycles. The lowest BCUT2D eigenvalue weighted by Gasteiger charge is -2.39. The van der Waals surface area contributed by atoms with E-state index in [1.54, 1.807) is 6.20 Å². The molecule has 0 saturated carbocycles. The summed E-state index contributed by atoms with van der Waals surface area (Å²) in [5.74, 6) is 0. The molecule has 2 rings (SSSR count). The molecule has 0 radical (unpaired) electrons. The largest absolute Gasteiger partial charge is 0.386 e. The summed E-state index contributed by atoms with van der Waals surface area (Å²) >= 11 is 0. The molecule has 0 spiro atoms. The van der Waals surface area contributed by atoms with Gasteiger partial charge in [-0.15, -0.1) is 0 Å². The Morgan fingerprint density at radius 2 is 2.18 bits per heavy atom. The molecule has 0 aliphatic carbocycles. The van der Waals surface area contributed by atoms with Gasteiger partial charge in [0.05, 0.1) is 5.69 Å². The summed E-state index contributed by atoms with van der Waals surface area (Å²) < 4.78 is 5.34. The molecule has 1 aromatic heterocycles. The van der Waals surface area contributed by atoms with Crippen LogP contribution in [0.1, 0.15) is 30.2 Å². The molecule has 0 amide bonds. The highest BCUT2D eigenvalue weighted by Gasteiger charge is 2.39. The molecule has 1 unspecified atom stereocenters. The third-order valence-corrected chi connectivity index (χ3v) is 3.69. The van der Waals surface area contributed by atoms with Crippen LogP contribution in [0.3, 0.4) is 0 Å². The summed E-state index contributed by atoms with van der Waals surface area (Å²) in [6.45, 7) is 3.78. The Hall–Kier alpha value is -0.970. The maximum atomic E-state index is 10.5. The average Bonchev–Trinajstić information content (AvgIpc) is 2.39. The first-order chi connectivity index (χ1) is 8.18. The van der Waals surface area contributed by atoms with Gasteiger partial charge in [-0.2, -0.15) is 0 Å². The van der Waals surface area contributed by atoms with E-state index in [2.05, 4.69) is 4.98 Å². The normalized spacial score (nSPS) is 21.1. The summed E-state index contributed by atoms with van der Waals surface area (Å²) in [7, 11) is 0. The molecular weight excluding hydrogens is 216 g/mol. The Morgan fingerprint density at radius 3 is 2.71 bits per heavy atom. The Morgan fingerprint density at radius 1 is 1.47 bits per heavy atom. The predicted octanol–water partition coefficient (Wildman–Crippen LogP) is 1.18. The van der Waals surface area contributed by atoms with Crippen LogP contribution in [0.5, 0.6) is 0 Å². The summed E-state index contributed by atoms with van der Waals surface area (Å²) in [6, 6.07) is 3.85. The number of rotatable bonds is 3. The second kappa shape index (κ2) is 5.12. The van der Waals surface area contributed by atoms with Gasteiger partial charge in [-0.25, -0.2) is 0 Å². The van der Waals surface area contributed by atoms with E-state index in [0.717, 1.165) is 18.4 Å². The second-order valence-electron chi connectivity index (χ2n) is 4.84. The van der Waals surface area contributed by atoms with Crippen molar-refractivity contribution in [3.05, 3.63) is 29.6 Å². The third kappa shape index (κ3) is 2.49. The van der Waals surface area contributed by atoms with Crippen LogP contribution in [-0.4, -0.2) is 29.8 Å². The molecule has 1 saturated heterocycles. The minimum Gasteiger partial charge on any atom is -0.386 e. The zero-order valence-corrected chi connectivity index (χ0v) is 10.2. The fourth-order valence-electron chi connectivity index (χ4n) is 2.32. The number of aryl methyl sites for hydroxylation is 1. The SMILES string of the molecule is Cc1ccc(C(O)C2(CN)CCOCC2)nc1. The van der Waals surface area contributed by atoms with Crippen molar-refractivity contribution in [1.29, 1.82) is 0 Å². The number of aliphatic hydroxyl groups is 1. The molecule has 2 heterocycles. The molecule has 1 aliphatic rings. The van der Waals surface area contributed by atoms with Gasteiger partial charge in [0, 0.05) is 31.4 Å². The smallest absolute Gasteiger partial charge is 0.103 e. The number of hydrogen-bond acceptors (Lipinski definition) is 4. The van der Waals surface area contributed by atoms with Crippen molar-refractivity contribution in [3.63, 3.8) is 0 Å². The fraction of sp³-hybridized carbons (Fsp3) is 0.615. The molecular formula is C13H20N2O2. The molecule has 3 N–H and O–H groups in total. The fourth-order valence-corrected chi connectivity index (χ4v) is 2.32. The van der Waals surface area contributed by atoms with Gasteiger partial charge in [-0.05, 0) is 31.4 Å². The highest BCUT2D eigenvalue weighted by atomic mass is 16.5. The summed E-state index contributed by atoms with van der Waals surface area (Å²) in [6.07, 6.45) is 2.76. The Kier molecular flexibility index (Phi) is 3.76. The number of hydrogen-bond donors (Lipinski definition) is 2. The predicted molar refractivity (Wildman–Crippen MR) is 65.5 cm³/mol. The van der Waals surface area contributed by atoms with Gasteiger partial charge in [0.2, 0.25) is 0 Å². The number of nitrogens with two attached hydrogens (primary N) is 1. The maximum Gasteiger partial charge on any atom is 0.103 e. The Balaban J connectivity index is 2.21. The minimum atomic E-state index is -0.600. The van der Waals surface area contributed by atoms with E-state index in [0.29, 0.717) is 25.5 Å². The van der Waals surface area contributed by atoms with Crippen LogP contribution in [0, 0.1) is 12.3 Å². The van der Waals surface area contributed by atoms with Crippen molar-refractivity contribution in [1.82, 2.24) is 4.98 Å². The zero-order valence-electron chi connectivity index (χ0n) is 10.2. The zero-order chi connectivity index (χ0) is 12.3. The summed E-state index contributed by atoms with van der Waals surface area (Å²) in [5, 5.41) is 10.5. The highest BCUT2D eigenvalue weighted by molar-refractivity contribution is 5.16. The summed E-state index contributed by atoms with van der Waals surface area (Å²) in [5.41, 5.74) is 7.39. The molecule has 4 nitrogen and oxygen atoms in total. The quantitative estimate of drug-likeness (QED) is 0.827. The molecule has 94 valence electrons. The minimum absolute atomic E-state index is 0.277. The number of ether oxygens (including phenoxy) is 1. The van der Waals surface area contributed by atoms with Gasteiger partial charge in [0.1, 0.15) is 6.10 Å². The van der Waals surface area contributed by atoms with Crippen molar-refractivity contribution in [2.75, 3.05) is 19.8 Å². The van der Waals surface area contributed by atoms with Gasteiger partial charge >= 0.3 is 0 Å². The maximum absolute atomic E-state index is 10.5. The van der Waals surface area contributed by atoms with E-state index < -0.39 is 6.10 Å². The highest BCUT2D eigenvalue weighted by Crippen LogP contribution is 2.40. The number of pyridine rings is 1. The van der Waals surface area contributed by atoms with Crippen molar-refractivity contribution in [2.45, 2.75) is 25.9 Å². The van der Waals surface area contributed by atoms with Crippen molar-refractivity contribution >= 4 is 0 Å². The van der Waals surface area contributed by atoms with Crippen molar-refractivity contribution in [2.24, 2.45) is 11.1 Å². The van der Waals surface area contributed by atoms with Crippen LogP contribution in [0.25, 0.3) is 0 Å². The van der Waals surface area contributed by atoms with E-state index in [1.807, 2.05) is 19.1 Å². The number of aromatic nitrogens is 1. The first-order valence-corrected chi connectivity index (χ1v) is 6.06. The molecule has 4 heteroatoms. The monoisotopic (exact) mass is 236 g/mol. The van der Waals surface area contributed by atoms with Gasteiger partial charge < -0.3 is 15.6 Å². The number of aliphatic hydroxyl groups excluding tert-OH is 1. The van der Waals surface area contributed by atoms with Crippen molar-refractivity contribution < 1.29 is 9.84 Å². The summed E-state index contributed by atoms with van der Waals surface area (Å²) in [4.78, 5) is 4.30. The van der Waals surface area contributed by atoms with E-state index in [-0.39, 0.29) is 5.41 Å². The molecule has 17 heavy (non-hydrogen) atoms. The molecule has 1 aliphatic heterocycles. The van der Waals surface area contributed by atoms with Crippen LogP contribution in [0.2, 0.25) is 0 Å². The van der Waals surface area contributed by atoms with Crippen LogP contribution in [-0.2, 0) is 4.74 Å². The standard InChI is InChI=1S/C13H20N2O2/c1-10-2-3-11(15-8-10)12(16)13(9-14)4-6-17-7-5-13/h2-3,8,12,16H,4-7,9,14H2,1H3. The lowest BCUT2D eigenvalue weighted by Crippen LogP contribution is -2.41.